The van der Waals surface area contributed by atoms with Crippen LogP contribution in [0, 0.1) is 0 Å². The van der Waals surface area contributed by atoms with E-state index in [9.17, 15) is 9.59 Å². The second-order valence-corrected chi connectivity index (χ2v) is 9.52. The molecule has 1 saturated carbocycles. The van der Waals surface area contributed by atoms with E-state index in [1.165, 1.54) is 0 Å². The molecule has 0 atom stereocenters. The van der Waals surface area contributed by atoms with Crippen molar-refractivity contribution in [2.75, 3.05) is 19.5 Å². The fraction of sp³-hybridized carbons (Fsp3) is 0.400. The lowest BCUT2D eigenvalue weighted by molar-refractivity contribution is -0.130. The Balaban J connectivity index is 1.25. The van der Waals surface area contributed by atoms with Gasteiger partial charge in [-0.05, 0) is 50.3 Å². The van der Waals surface area contributed by atoms with E-state index in [1.807, 2.05) is 35.0 Å². The Morgan fingerprint density at radius 2 is 2.06 bits per heavy atom. The predicted octanol–water partition coefficient (Wildman–Crippen LogP) is 3.45. The number of nitrogens with zero attached hydrogens (tertiary/aromatic N) is 6. The third-order valence-corrected chi connectivity index (χ3v) is 7.76. The molecule has 1 aromatic carbocycles. The van der Waals surface area contributed by atoms with Crippen LogP contribution >= 0.6 is 0 Å². The minimum atomic E-state index is -0.308. The number of nitrogens with one attached hydrogen (secondary N) is 1. The van der Waals surface area contributed by atoms with Crippen LogP contribution in [0.4, 0.5) is 5.82 Å². The minimum absolute atomic E-state index is 0.0152. The van der Waals surface area contributed by atoms with Gasteiger partial charge in [-0.3, -0.25) is 14.3 Å². The van der Waals surface area contributed by atoms with Gasteiger partial charge in [0.15, 0.2) is 11.5 Å². The molecule has 35 heavy (non-hydrogen) atoms. The van der Waals surface area contributed by atoms with E-state index < -0.39 is 0 Å². The van der Waals surface area contributed by atoms with Crippen molar-refractivity contribution in [2.45, 2.75) is 50.1 Å². The summed E-state index contributed by atoms with van der Waals surface area (Å²) >= 11 is 0. The lowest BCUT2D eigenvalue weighted by Gasteiger charge is -2.42. The highest BCUT2D eigenvalue weighted by Crippen LogP contribution is 2.44. The van der Waals surface area contributed by atoms with Gasteiger partial charge in [0.2, 0.25) is 5.91 Å². The Labute approximate surface area is 201 Å². The molecule has 1 aliphatic heterocycles. The molecule has 4 aromatic rings. The number of anilines is 1. The molecule has 2 amide bonds. The Bertz CT molecular complexity index is 1450. The Morgan fingerprint density at radius 3 is 2.80 bits per heavy atom. The zero-order chi connectivity index (χ0) is 24.2. The SMILES string of the molecule is COc1cc2nn(C3CCC4(CCC(=O)N4C)CC3)cc2cc1C(=O)Nc1cnc2cccnn12. The zero-order valence-electron chi connectivity index (χ0n) is 19.8. The van der Waals surface area contributed by atoms with Gasteiger partial charge in [-0.1, -0.05) is 0 Å². The van der Waals surface area contributed by atoms with E-state index in [0.29, 0.717) is 29.2 Å². The molecule has 1 aliphatic carbocycles. The average Bonchev–Trinajstić information content (AvgIpc) is 3.56. The smallest absolute Gasteiger partial charge is 0.260 e. The molecule has 1 N–H and O–H groups in total. The van der Waals surface area contributed by atoms with E-state index in [0.717, 1.165) is 43.0 Å². The van der Waals surface area contributed by atoms with Crippen LogP contribution in [0.3, 0.4) is 0 Å². The van der Waals surface area contributed by atoms with Gasteiger partial charge in [0, 0.05) is 42.9 Å². The zero-order valence-corrected chi connectivity index (χ0v) is 19.8. The standard InChI is InChI=1S/C25H27N7O3/c1-30-23(33)7-10-25(30)8-5-17(6-9-25)31-15-16-12-18(20(35-2)13-19(16)29-31)24(34)28-22-14-26-21-4-3-11-27-32(21)22/h3-4,11-15,17H,5-10H2,1-2H3,(H,28,34). The first-order valence-corrected chi connectivity index (χ1v) is 11.9. The van der Waals surface area contributed by atoms with Crippen molar-refractivity contribution in [1.82, 2.24) is 29.3 Å². The average molecular weight is 474 g/mol. The lowest BCUT2D eigenvalue weighted by atomic mass is 9.78. The molecule has 0 unspecified atom stereocenters. The first kappa shape index (κ1) is 21.6. The predicted molar refractivity (Wildman–Crippen MR) is 129 cm³/mol. The summed E-state index contributed by atoms with van der Waals surface area (Å²) in [5.41, 5.74) is 1.86. The lowest BCUT2D eigenvalue weighted by Crippen LogP contribution is -2.46. The monoisotopic (exact) mass is 473 g/mol. The van der Waals surface area contributed by atoms with Gasteiger partial charge in [0.05, 0.1) is 30.4 Å². The second kappa shape index (κ2) is 8.07. The molecule has 0 radical (unpaired) electrons. The van der Waals surface area contributed by atoms with Crippen molar-refractivity contribution in [3.05, 3.63) is 48.4 Å². The largest absolute Gasteiger partial charge is 0.496 e. The highest BCUT2D eigenvalue weighted by atomic mass is 16.5. The highest BCUT2D eigenvalue weighted by Gasteiger charge is 2.45. The van der Waals surface area contributed by atoms with Crippen LogP contribution in [0.1, 0.15) is 54.9 Å². The fourth-order valence-corrected chi connectivity index (χ4v) is 5.63. The normalized spacial score (nSPS) is 22.4. The van der Waals surface area contributed by atoms with Crippen molar-refractivity contribution in [2.24, 2.45) is 0 Å². The summed E-state index contributed by atoms with van der Waals surface area (Å²) in [5.74, 6) is 0.883. The number of methoxy groups -OCH3 is 1. The molecule has 2 aliphatic rings. The van der Waals surface area contributed by atoms with Gasteiger partial charge < -0.3 is 15.0 Å². The summed E-state index contributed by atoms with van der Waals surface area (Å²) in [6.07, 6.45) is 10.7. The molecule has 4 heterocycles. The molecule has 1 saturated heterocycles. The van der Waals surface area contributed by atoms with E-state index in [-0.39, 0.29) is 23.4 Å². The van der Waals surface area contributed by atoms with Crippen LogP contribution in [0.2, 0.25) is 0 Å². The van der Waals surface area contributed by atoms with Crippen molar-refractivity contribution in [1.29, 1.82) is 0 Å². The number of ether oxygens (including phenoxy) is 1. The molecule has 0 bridgehead atoms. The van der Waals surface area contributed by atoms with Crippen LogP contribution in [0.15, 0.2) is 42.9 Å². The number of fused-ring (bicyclic) bond motifs is 2. The molecule has 2 fully saturated rings. The Morgan fingerprint density at radius 1 is 1.23 bits per heavy atom. The summed E-state index contributed by atoms with van der Waals surface area (Å²) in [5, 5.41) is 12.8. The summed E-state index contributed by atoms with van der Waals surface area (Å²) in [4.78, 5) is 31.5. The Hall–Kier alpha value is -3.95. The number of aromatic nitrogens is 5. The number of rotatable bonds is 4. The minimum Gasteiger partial charge on any atom is -0.496 e. The first-order valence-electron chi connectivity index (χ1n) is 11.9. The van der Waals surface area contributed by atoms with Gasteiger partial charge in [-0.25, -0.2) is 4.98 Å². The molecule has 6 rings (SSSR count). The van der Waals surface area contributed by atoms with Gasteiger partial charge in [0.1, 0.15) is 5.75 Å². The van der Waals surface area contributed by atoms with E-state index in [1.54, 1.807) is 36.2 Å². The van der Waals surface area contributed by atoms with E-state index >= 15 is 0 Å². The maximum absolute atomic E-state index is 13.2. The van der Waals surface area contributed by atoms with Crippen LogP contribution < -0.4 is 10.1 Å². The van der Waals surface area contributed by atoms with Crippen LogP contribution in [0.5, 0.6) is 5.75 Å². The fourth-order valence-electron chi connectivity index (χ4n) is 5.63. The van der Waals surface area contributed by atoms with Crippen molar-refractivity contribution in [3.63, 3.8) is 0 Å². The van der Waals surface area contributed by atoms with Gasteiger partial charge >= 0.3 is 0 Å². The Kier molecular flexibility index (Phi) is 4.98. The molecule has 3 aromatic heterocycles. The molecule has 1 spiro atoms. The number of hydrogen-bond acceptors (Lipinski definition) is 6. The molecular formula is C25H27N7O3. The number of carbonyl (C=O) groups is 2. The van der Waals surface area contributed by atoms with Gasteiger partial charge in [-0.15, -0.1) is 0 Å². The molecule has 10 nitrogen and oxygen atoms in total. The van der Waals surface area contributed by atoms with E-state index in [4.69, 9.17) is 9.84 Å². The topological polar surface area (TPSA) is 107 Å². The van der Waals surface area contributed by atoms with Crippen molar-refractivity contribution in [3.8, 4) is 5.75 Å². The van der Waals surface area contributed by atoms with E-state index in [2.05, 4.69) is 15.4 Å². The maximum atomic E-state index is 13.2. The highest BCUT2D eigenvalue weighted by molar-refractivity contribution is 6.08. The quantitative estimate of drug-likeness (QED) is 0.487. The molecular weight excluding hydrogens is 446 g/mol. The summed E-state index contributed by atoms with van der Waals surface area (Å²) in [7, 11) is 3.49. The number of imidazole rings is 1. The number of likely N-dealkylation sites (tertiary alicyclic amines) is 1. The maximum Gasteiger partial charge on any atom is 0.260 e. The van der Waals surface area contributed by atoms with Crippen LogP contribution in [0.25, 0.3) is 16.6 Å². The van der Waals surface area contributed by atoms with Crippen molar-refractivity contribution < 1.29 is 14.3 Å². The molecule has 10 heteroatoms. The summed E-state index contributed by atoms with van der Waals surface area (Å²) in [6, 6.07) is 7.50. The third kappa shape index (κ3) is 3.51. The van der Waals surface area contributed by atoms with Gasteiger partial charge in [0.25, 0.3) is 5.91 Å². The van der Waals surface area contributed by atoms with Crippen molar-refractivity contribution >= 4 is 34.2 Å². The number of carbonyl (C=O) groups excluding carboxylic acids is 2. The van der Waals surface area contributed by atoms with Crippen LogP contribution in [-0.2, 0) is 4.79 Å². The summed E-state index contributed by atoms with van der Waals surface area (Å²) < 4.78 is 9.13. The summed E-state index contributed by atoms with van der Waals surface area (Å²) in [6.45, 7) is 0. The number of hydrogen-bond donors (Lipinski definition) is 1. The number of benzene rings is 1. The van der Waals surface area contributed by atoms with Gasteiger partial charge in [-0.2, -0.15) is 14.7 Å². The first-order chi connectivity index (χ1) is 17.0. The molecule has 180 valence electrons. The van der Waals surface area contributed by atoms with Crippen LogP contribution in [-0.4, -0.2) is 60.8 Å². The number of amides is 2. The second-order valence-electron chi connectivity index (χ2n) is 9.52. The third-order valence-electron chi connectivity index (χ3n) is 7.76.